The molecule has 1 aliphatic heterocycles. The number of ether oxygens (including phenoxy) is 3. The Labute approximate surface area is 273 Å². The maximum atomic E-state index is 12.1. The molecule has 4 aromatic carbocycles. The van der Waals surface area contributed by atoms with Crippen molar-refractivity contribution in [2.45, 2.75) is 56.3 Å². The van der Waals surface area contributed by atoms with Crippen LogP contribution in [0.4, 0.5) is 0 Å². The molecule has 4 aromatic rings. The van der Waals surface area contributed by atoms with E-state index in [1.165, 1.54) is 0 Å². The van der Waals surface area contributed by atoms with Gasteiger partial charge in [-0.2, -0.15) is 0 Å². The molecule has 0 bridgehead atoms. The van der Waals surface area contributed by atoms with Crippen LogP contribution in [-0.4, -0.2) is 41.1 Å². The number of carbonyl (C=O) groups excluding carboxylic acids is 1. The number of aliphatic hydroxyl groups is 1. The van der Waals surface area contributed by atoms with Crippen LogP contribution in [0.2, 0.25) is 0 Å². The van der Waals surface area contributed by atoms with Gasteiger partial charge in [-0.1, -0.05) is 91.9 Å². The van der Waals surface area contributed by atoms with Gasteiger partial charge in [-0.3, -0.25) is 9.59 Å². The van der Waals surface area contributed by atoms with Crippen LogP contribution in [0.5, 0.6) is 5.75 Å². The van der Waals surface area contributed by atoms with Crippen LogP contribution in [0.3, 0.4) is 0 Å². The summed E-state index contributed by atoms with van der Waals surface area (Å²) < 4.78 is 18.8. The zero-order valence-electron chi connectivity index (χ0n) is 25.9. The molecule has 0 aliphatic carbocycles. The van der Waals surface area contributed by atoms with Gasteiger partial charge >= 0.3 is 5.97 Å². The van der Waals surface area contributed by atoms with Gasteiger partial charge < -0.3 is 29.7 Å². The minimum absolute atomic E-state index is 0.0160. The summed E-state index contributed by atoms with van der Waals surface area (Å²) in [6.07, 6.45) is -1.20. The van der Waals surface area contributed by atoms with E-state index in [1.54, 1.807) is 18.9 Å². The number of hydrogen-bond donors (Lipinski definition) is 3. The van der Waals surface area contributed by atoms with Gasteiger partial charge in [0.05, 0.1) is 32.3 Å². The van der Waals surface area contributed by atoms with Crippen LogP contribution in [-0.2, 0) is 32.2 Å². The van der Waals surface area contributed by atoms with Gasteiger partial charge in [0.15, 0.2) is 6.29 Å². The summed E-state index contributed by atoms with van der Waals surface area (Å²) in [5.41, 5.74) is 5.64. The van der Waals surface area contributed by atoms with E-state index in [0.717, 1.165) is 44.0 Å². The molecular formula is C37H39NO7S. The Morgan fingerprint density at radius 2 is 1.57 bits per heavy atom. The summed E-state index contributed by atoms with van der Waals surface area (Å²) in [5.74, 6) is 0.290. The minimum atomic E-state index is -0.997. The van der Waals surface area contributed by atoms with Crippen LogP contribution in [0, 0.1) is 5.92 Å². The van der Waals surface area contributed by atoms with Crippen molar-refractivity contribution in [3.05, 3.63) is 119 Å². The van der Waals surface area contributed by atoms with Crippen molar-refractivity contribution in [3.8, 4) is 16.9 Å². The number of para-hydroxylation sites is 1. The fourth-order valence-corrected chi connectivity index (χ4v) is 6.69. The summed E-state index contributed by atoms with van der Waals surface area (Å²) in [7, 11) is 1.68. The Morgan fingerprint density at radius 3 is 2.28 bits per heavy atom. The highest BCUT2D eigenvalue weighted by Crippen LogP contribution is 2.44. The zero-order chi connectivity index (χ0) is 32.5. The molecule has 240 valence electrons. The zero-order valence-corrected chi connectivity index (χ0v) is 26.7. The van der Waals surface area contributed by atoms with E-state index >= 15 is 0 Å². The Morgan fingerprint density at radius 1 is 0.870 bits per heavy atom. The number of nitrogens with one attached hydrogen (secondary N) is 1. The lowest BCUT2D eigenvalue weighted by atomic mass is 9.91. The molecule has 0 aromatic heterocycles. The average molecular weight is 642 g/mol. The summed E-state index contributed by atoms with van der Waals surface area (Å²) in [6.45, 7) is 2.43. The summed E-state index contributed by atoms with van der Waals surface area (Å²) in [5, 5.41) is 21.2. The van der Waals surface area contributed by atoms with Crippen LogP contribution in [0.1, 0.15) is 54.4 Å². The van der Waals surface area contributed by atoms with E-state index in [-0.39, 0.29) is 43.5 Å². The number of carboxylic acid groups (broad SMARTS) is 1. The molecule has 46 heavy (non-hydrogen) atoms. The van der Waals surface area contributed by atoms with Gasteiger partial charge in [0.2, 0.25) is 5.91 Å². The minimum Gasteiger partial charge on any atom is -0.496 e. The molecule has 4 atom stereocenters. The van der Waals surface area contributed by atoms with Gasteiger partial charge in [-0.25, -0.2) is 0 Å². The first-order chi connectivity index (χ1) is 22.4. The predicted octanol–water partition coefficient (Wildman–Crippen LogP) is 6.92. The number of methoxy groups -OCH3 is 1. The number of amides is 1. The van der Waals surface area contributed by atoms with Crippen molar-refractivity contribution in [2.24, 2.45) is 5.92 Å². The van der Waals surface area contributed by atoms with Gasteiger partial charge in [0.25, 0.3) is 0 Å². The number of rotatable bonds is 13. The number of carboxylic acids is 1. The molecule has 5 rings (SSSR count). The molecule has 0 spiro atoms. The topological polar surface area (TPSA) is 114 Å². The molecule has 0 radical (unpaired) electrons. The van der Waals surface area contributed by atoms with Crippen LogP contribution >= 0.6 is 11.8 Å². The lowest BCUT2D eigenvalue weighted by Crippen LogP contribution is -2.38. The van der Waals surface area contributed by atoms with E-state index in [9.17, 15) is 14.7 Å². The standard InChI is InChI=1S/C37H39NO7S/c1-24-32(23-46-33-10-6-5-9-31(33)43-2)44-37(45-36(24)27-13-11-25(22-39)12-14-27)28-17-15-26(16-18-28)30-8-4-3-7-29(30)21-38-34(40)19-20-35(41)42/h3-18,24,32,36-37,39H,19-23H2,1-2H3,(H,38,40)(H,41,42)/t24-,32+,36+,37+/m1/s1. The smallest absolute Gasteiger partial charge is 0.303 e. The largest absolute Gasteiger partial charge is 0.496 e. The second kappa shape index (κ2) is 15.9. The molecule has 1 heterocycles. The van der Waals surface area contributed by atoms with Crippen LogP contribution in [0.25, 0.3) is 11.1 Å². The average Bonchev–Trinajstić information content (AvgIpc) is 3.09. The molecule has 1 amide bonds. The summed E-state index contributed by atoms with van der Waals surface area (Å²) in [6, 6.07) is 31.7. The molecular weight excluding hydrogens is 602 g/mol. The Balaban J connectivity index is 1.35. The first kappa shape index (κ1) is 33.2. The number of aliphatic hydroxyl groups excluding tert-OH is 1. The third-order valence-corrected chi connectivity index (χ3v) is 9.29. The lowest BCUT2D eigenvalue weighted by Gasteiger charge is -2.41. The molecule has 1 fully saturated rings. The van der Waals surface area contributed by atoms with Crippen molar-refractivity contribution in [2.75, 3.05) is 12.9 Å². The van der Waals surface area contributed by atoms with Crippen LogP contribution in [0.15, 0.2) is 102 Å². The van der Waals surface area contributed by atoms with Crippen molar-refractivity contribution in [1.29, 1.82) is 0 Å². The third kappa shape index (κ3) is 8.35. The fraction of sp³-hybridized carbons (Fsp3) is 0.297. The normalized spacial score (nSPS) is 19.4. The molecule has 0 unspecified atom stereocenters. The molecule has 9 heteroatoms. The van der Waals surface area contributed by atoms with Crippen molar-refractivity contribution >= 4 is 23.6 Å². The monoisotopic (exact) mass is 641 g/mol. The van der Waals surface area contributed by atoms with E-state index in [2.05, 4.69) is 12.2 Å². The van der Waals surface area contributed by atoms with Crippen molar-refractivity contribution in [3.63, 3.8) is 0 Å². The SMILES string of the molecule is COc1ccccc1SC[C@@H]1O[C@H](c2ccc(-c3ccccc3CNC(=O)CCC(=O)O)cc2)O[C@H](c2ccc(CO)cc2)[C@@H]1C. The maximum absolute atomic E-state index is 12.1. The van der Waals surface area contributed by atoms with Crippen molar-refractivity contribution in [1.82, 2.24) is 5.32 Å². The predicted molar refractivity (Wildman–Crippen MR) is 177 cm³/mol. The highest BCUT2D eigenvalue weighted by atomic mass is 32.2. The number of hydrogen-bond acceptors (Lipinski definition) is 7. The summed E-state index contributed by atoms with van der Waals surface area (Å²) in [4.78, 5) is 24.0. The Bertz CT molecular complexity index is 1610. The fourth-order valence-electron chi connectivity index (χ4n) is 5.50. The Hall–Kier alpha value is -4.15. The summed E-state index contributed by atoms with van der Waals surface area (Å²) >= 11 is 1.70. The van der Waals surface area contributed by atoms with E-state index < -0.39 is 12.3 Å². The molecule has 3 N–H and O–H groups in total. The van der Waals surface area contributed by atoms with E-state index in [0.29, 0.717) is 12.3 Å². The highest BCUT2D eigenvalue weighted by molar-refractivity contribution is 7.99. The van der Waals surface area contributed by atoms with Gasteiger partial charge in [-0.15, -0.1) is 11.8 Å². The van der Waals surface area contributed by atoms with E-state index in [4.69, 9.17) is 19.3 Å². The van der Waals surface area contributed by atoms with Gasteiger partial charge in [-0.05, 0) is 39.9 Å². The first-order valence-electron chi connectivity index (χ1n) is 15.3. The quantitative estimate of drug-likeness (QED) is 0.135. The second-order valence-electron chi connectivity index (χ2n) is 11.2. The first-order valence-corrected chi connectivity index (χ1v) is 16.3. The van der Waals surface area contributed by atoms with Crippen molar-refractivity contribution < 1.29 is 34.0 Å². The van der Waals surface area contributed by atoms with Gasteiger partial charge in [0.1, 0.15) is 5.75 Å². The number of carbonyl (C=O) groups is 2. The lowest BCUT2D eigenvalue weighted by molar-refractivity contribution is -0.268. The van der Waals surface area contributed by atoms with Crippen LogP contribution < -0.4 is 10.1 Å². The van der Waals surface area contributed by atoms with E-state index in [1.807, 2.05) is 97.1 Å². The third-order valence-electron chi connectivity index (χ3n) is 8.15. The maximum Gasteiger partial charge on any atom is 0.303 e. The molecule has 0 saturated carbocycles. The number of benzene rings is 4. The molecule has 1 saturated heterocycles. The second-order valence-corrected chi connectivity index (χ2v) is 12.3. The Kier molecular flexibility index (Phi) is 11.5. The number of thioether (sulfide) groups is 1. The van der Waals surface area contributed by atoms with Gasteiger partial charge in [0, 0.05) is 35.1 Å². The number of aliphatic carboxylic acids is 1. The highest BCUT2D eigenvalue weighted by Gasteiger charge is 2.38. The molecule has 1 aliphatic rings. The molecule has 8 nitrogen and oxygen atoms in total.